The zero-order valence-electron chi connectivity index (χ0n) is 15.1. The molecule has 0 saturated carbocycles. The maximum atomic E-state index is 13.1. The lowest BCUT2D eigenvalue weighted by atomic mass is 10.0. The van der Waals surface area contributed by atoms with Gasteiger partial charge in [0.15, 0.2) is 0 Å². The number of nitrogens with one attached hydrogen (secondary N) is 2. The second-order valence-corrected chi connectivity index (χ2v) is 7.18. The molecule has 0 radical (unpaired) electrons. The fraction of sp³-hybridized carbons (Fsp3) is 0.333. The second-order valence-electron chi connectivity index (χ2n) is 7.18. The molecule has 2 aliphatic heterocycles. The Bertz CT molecular complexity index is 877. The minimum atomic E-state index is -0.333. The summed E-state index contributed by atoms with van der Waals surface area (Å²) in [6.07, 6.45) is 2.13. The minimum Gasteiger partial charge on any atom is -0.374 e. The quantitative estimate of drug-likeness (QED) is 0.893. The second kappa shape index (κ2) is 6.48. The highest BCUT2D eigenvalue weighted by Gasteiger charge is 2.33. The van der Waals surface area contributed by atoms with Crippen LogP contribution in [0.25, 0.3) is 0 Å². The van der Waals surface area contributed by atoms with Crippen molar-refractivity contribution in [2.24, 2.45) is 0 Å². The predicted octanol–water partition coefficient (Wildman–Crippen LogP) is 3.35. The SMILES string of the molecule is C[C@H](Nc1ccc2c(c1)CCC(=O)N2)C(=O)N1c2ccccc2C[C@@H]1C. The van der Waals surface area contributed by atoms with Gasteiger partial charge in [-0.3, -0.25) is 9.59 Å². The molecular formula is C21H23N3O2. The van der Waals surface area contributed by atoms with Gasteiger partial charge in [-0.2, -0.15) is 0 Å². The van der Waals surface area contributed by atoms with E-state index in [0.29, 0.717) is 6.42 Å². The van der Waals surface area contributed by atoms with Gasteiger partial charge in [0.05, 0.1) is 0 Å². The predicted molar refractivity (Wildman–Crippen MR) is 104 cm³/mol. The van der Waals surface area contributed by atoms with Crippen molar-refractivity contribution in [3.8, 4) is 0 Å². The first kappa shape index (κ1) is 16.6. The molecule has 5 heteroatoms. The first-order valence-corrected chi connectivity index (χ1v) is 9.13. The molecular weight excluding hydrogens is 326 g/mol. The summed E-state index contributed by atoms with van der Waals surface area (Å²) in [7, 11) is 0. The standard InChI is InChI=1S/C21H23N3O2/c1-13-11-16-5-3-4-6-19(16)24(13)21(26)14(2)22-17-8-9-18-15(12-17)7-10-20(25)23-18/h3-6,8-9,12-14,22H,7,10-11H2,1-2H3,(H,23,25)/t13-,14-/m0/s1. The molecule has 2 atom stereocenters. The lowest BCUT2D eigenvalue weighted by Gasteiger charge is -2.27. The highest BCUT2D eigenvalue weighted by molar-refractivity contribution is 6.01. The van der Waals surface area contributed by atoms with Crippen LogP contribution in [0.3, 0.4) is 0 Å². The van der Waals surface area contributed by atoms with E-state index in [1.807, 2.05) is 48.2 Å². The van der Waals surface area contributed by atoms with E-state index in [-0.39, 0.29) is 23.9 Å². The van der Waals surface area contributed by atoms with Crippen LogP contribution in [0.5, 0.6) is 0 Å². The number of benzene rings is 2. The van der Waals surface area contributed by atoms with E-state index >= 15 is 0 Å². The topological polar surface area (TPSA) is 61.4 Å². The van der Waals surface area contributed by atoms with Gasteiger partial charge in [0, 0.05) is 29.5 Å². The number of aryl methyl sites for hydroxylation is 1. The van der Waals surface area contributed by atoms with Crippen LogP contribution in [0.2, 0.25) is 0 Å². The van der Waals surface area contributed by atoms with Crippen molar-refractivity contribution < 1.29 is 9.59 Å². The van der Waals surface area contributed by atoms with E-state index < -0.39 is 0 Å². The monoisotopic (exact) mass is 349 g/mol. The van der Waals surface area contributed by atoms with E-state index in [0.717, 1.165) is 35.5 Å². The van der Waals surface area contributed by atoms with E-state index in [1.54, 1.807) is 0 Å². The zero-order valence-corrected chi connectivity index (χ0v) is 15.1. The van der Waals surface area contributed by atoms with Gasteiger partial charge in [-0.05, 0) is 62.1 Å². The van der Waals surface area contributed by atoms with Crippen LogP contribution in [-0.4, -0.2) is 23.9 Å². The summed E-state index contributed by atoms with van der Waals surface area (Å²) in [5.41, 5.74) is 5.12. The molecule has 0 bridgehead atoms. The van der Waals surface area contributed by atoms with Crippen molar-refractivity contribution in [3.63, 3.8) is 0 Å². The molecule has 5 nitrogen and oxygen atoms in total. The molecule has 26 heavy (non-hydrogen) atoms. The van der Waals surface area contributed by atoms with Crippen LogP contribution < -0.4 is 15.5 Å². The van der Waals surface area contributed by atoms with Gasteiger partial charge in [0.25, 0.3) is 0 Å². The van der Waals surface area contributed by atoms with Crippen LogP contribution in [0.15, 0.2) is 42.5 Å². The molecule has 0 aromatic heterocycles. The molecule has 2 aliphatic rings. The molecule has 2 heterocycles. The Balaban J connectivity index is 1.51. The summed E-state index contributed by atoms with van der Waals surface area (Å²) < 4.78 is 0. The van der Waals surface area contributed by atoms with Crippen LogP contribution in [0.4, 0.5) is 17.1 Å². The maximum absolute atomic E-state index is 13.1. The summed E-state index contributed by atoms with van der Waals surface area (Å²) in [5.74, 6) is 0.136. The van der Waals surface area contributed by atoms with Crippen molar-refractivity contribution in [3.05, 3.63) is 53.6 Å². The van der Waals surface area contributed by atoms with Crippen molar-refractivity contribution in [1.29, 1.82) is 0 Å². The van der Waals surface area contributed by atoms with Crippen molar-refractivity contribution in [2.45, 2.75) is 45.2 Å². The molecule has 0 unspecified atom stereocenters. The number of anilines is 3. The molecule has 2 aromatic rings. The van der Waals surface area contributed by atoms with E-state index in [9.17, 15) is 9.59 Å². The summed E-state index contributed by atoms with van der Waals surface area (Å²) in [6.45, 7) is 3.99. The molecule has 0 spiro atoms. The van der Waals surface area contributed by atoms with Gasteiger partial charge >= 0.3 is 0 Å². The van der Waals surface area contributed by atoms with E-state index in [4.69, 9.17) is 0 Å². The Hall–Kier alpha value is -2.82. The molecule has 2 aromatic carbocycles. The Kier molecular flexibility index (Phi) is 4.15. The summed E-state index contributed by atoms with van der Waals surface area (Å²) >= 11 is 0. The maximum Gasteiger partial charge on any atom is 0.249 e. The van der Waals surface area contributed by atoms with Crippen molar-refractivity contribution in [2.75, 3.05) is 15.5 Å². The number of fused-ring (bicyclic) bond motifs is 2. The van der Waals surface area contributed by atoms with Gasteiger partial charge in [0.1, 0.15) is 6.04 Å². The van der Waals surface area contributed by atoms with Gasteiger partial charge in [-0.15, -0.1) is 0 Å². The number of para-hydroxylation sites is 1. The number of amides is 2. The summed E-state index contributed by atoms with van der Waals surface area (Å²) in [5, 5.41) is 6.21. The number of hydrogen-bond donors (Lipinski definition) is 2. The first-order chi connectivity index (χ1) is 12.5. The van der Waals surface area contributed by atoms with Gasteiger partial charge < -0.3 is 15.5 Å². The molecule has 134 valence electrons. The molecule has 0 aliphatic carbocycles. The van der Waals surface area contributed by atoms with E-state index in [1.165, 1.54) is 5.56 Å². The zero-order chi connectivity index (χ0) is 18.3. The van der Waals surface area contributed by atoms with Crippen LogP contribution >= 0.6 is 0 Å². The molecule has 4 rings (SSSR count). The van der Waals surface area contributed by atoms with Gasteiger partial charge in [-0.25, -0.2) is 0 Å². The number of hydrogen-bond acceptors (Lipinski definition) is 3. The Morgan fingerprint density at radius 2 is 2.00 bits per heavy atom. The van der Waals surface area contributed by atoms with Crippen molar-refractivity contribution >= 4 is 28.9 Å². The van der Waals surface area contributed by atoms with Crippen LogP contribution in [-0.2, 0) is 22.4 Å². The molecule has 2 amide bonds. The normalized spacial score (nSPS) is 19.4. The van der Waals surface area contributed by atoms with Gasteiger partial charge in [-0.1, -0.05) is 18.2 Å². The van der Waals surface area contributed by atoms with Crippen molar-refractivity contribution in [1.82, 2.24) is 0 Å². The summed E-state index contributed by atoms with van der Waals surface area (Å²) in [4.78, 5) is 26.4. The Morgan fingerprint density at radius 1 is 1.19 bits per heavy atom. The first-order valence-electron chi connectivity index (χ1n) is 9.13. The number of carbonyl (C=O) groups is 2. The minimum absolute atomic E-state index is 0.0587. The number of carbonyl (C=O) groups excluding carboxylic acids is 2. The lowest BCUT2D eigenvalue weighted by Crippen LogP contribution is -2.44. The smallest absolute Gasteiger partial charge is 0.249 e. The highest BCUT2D eigenvalue weighted by Crippen LogP contribution is 2.33. The van der Waals surface area contributed by atoms with E-state index in [2.05, 4.69) is 23.6 Å². The number of rotatable bonds is 3. The molecule has 0 fully saturated rings. The van der Waals surface area contributed by atoms with Gasteiger partial charge in [0.2, 0.25) is 11.8 Å². The molecule has 2 N–H and O–H groups in total. The average Bonchev–Trinajstić information content (AvgIpc) is 2.96. The lowest BCUT2D eigenvalue weighted by molar-refractivity contribution is -0.119. The fourth-order valence-corrected chi connectivity index (χ4v) is 3.89. The fourth-order valence-electron chi connectivity index (χ4n) is 3.89. The average molecular weight is 349 g/mol. The number of nitrogens with zero attached hydrogens (tertiary/aromatic N) is 1. The largest absolute Gasteiger partial charge is 0.374 e. The van der Waals surface area contributed by atoms with Crippen LogP contribution in [0.1, 0.15) is 31.4 Å². The third-order valence-electron chi connectivity index (χ3n) is 5.20. The third kappa shape index (κ3) is 2.94. The van der Waals surface area contributed by atoms with Crippen LogP contribution in [0, 0.1) is 0 Å². The summed E-state index contributed by atoms with van der Waals surface area (Å²) in [6, 6.07) is 13.8. The highest BCUT2D eigenvalue weighted by atomic mass is 16.2. The third-order valence-corrected chi connectivity index (χ3v) is 5.20. The Labute approximate surface area is 153 Å². The molecule has 0 saturated heterocycles. The Morgan fingerprint density at radius 3 is 2.85 bits per heavy atom.